The van der Waals surface area contributed by atoms with Crippen LogP contribution >= 0.6 is 0 Å². The first-order valence-corrected chi connectivity index (χ1v) is 6.63. The van der Waals surface area contributed by atoms with E-state index < -0.39 is 0 Å². The number of urea groups is 1. The number of rotatable bonds is 6. The van der Waals surface area contributed by atoms with Gasteiger partial charge in [-0.1, -0.05) is 13.8 Å². The summed E-state index contributed by atoms with van der Waals surface area (Å²) < 4.78 is 10.5. The van der Waals surface area contributed by atoms with E-state index in [2.05, 4.69) is 20.9 Å². The minimum atomic E-state index is -0.0690. The van der Waals surface area contributed by atoms with Crippen molar-refractivity contribution in [3.8, 4) is 11.5 Å². The third-order valence-electron chi connectivity index (χ3n) is 2.86. The standard InChI is InChI=1S/C15H24N2O3/c1-11(2)9-17(15(18)16-3)10-12-6-13(19-4)8-14(7-12)20-5/h6-8,11H,3,9-10,16H2,1-2,4-5H3. The highest BCUT2D eigenvalue weighted by Crippen LogP contribution is 2.23. The average Bonchev–Trinajstić information content (AvgIpc) is 2.44. The number of hydrogen-bond acceptors (Lipinski definition) is 3. The van der Waals surface area contributed by atoms with E-state index in [4.69, 9.17) is 9.47 Å². The molecule has 0 unspecified atom stereocenters. The molecule has 0 fully saturated rings. The summed E-state index contributed by atoms with van der Waals surface area (Å²) in [6.07, 6.45) is 0. The molecule has 0 aliphatic carbocycles. The van der Waals surface area contributed by atoms with Gasteiger partial charge in [0.05, 0.1) is 20.8 Å². The number of methoxy groups -OCH3 is 2. The van der Waals surface area contributed by atoms with Gasteiger partial charge < -0.3 is 14.8 Å². The summed E-state index contributed by atoms with van der Waals surface area (Å²) in [7, 11) is 6.78. The van der Waals surface area contributed by atoms with Gasteiger partial charge in [0.15, 0.2) is 0 Å². The molecule has 0 saturated carbocycles. The Balaban J connectivity index is 2.94. The van der Waals surface area contributed by atoms with Crippen LogP contribution in [0.5, 0.6) is 11.5 Å². The number of hydrogen-bond donors (Lipinski definition) is 1. The highest BCUT2D eigenvalue weighted by atomic mass is 16.5. The molecular formula is C15H24N2O3. The molecule has 1 rings (SSSR count). The first-order valence-electron chi connectivity index (χ1n) is 6.63. The Hall–Kier alpha value is -1.75. The zero-order valence-corrected chi connectivity index (χ0v) is 12.7. The van der Waals surface area contributed by atoms with Crippen molar-refractivity contribution in [1.29, 1.82) is 0 Å². The minimum Gasteiger partial charge on any atom is -0.497 e. The van der Waals surface area contributed by atoms with Crippen molar-refractivity contribution >= 4 is 6.03 Å². The molecule has 0 spiro atoms. The molecule has 1 aromatic rings. The second kappa shape index (κ2) is 7.75. The number of nitrogens with zero attached hydrogens (tertiary/aromatic N) is 1. The van der Waals surface area contributed by atoms with E-state index in [1.807, 2.05) is 18.2 Å². The van der Waals surface area contributed by atoms with Crippen LogP contribution in [0.2, 0.25) is 0 Å². The van der Waals surface area contributed by atoms with Gasteiger partial charge in [0.2, 0.25) is 0 Å². The molecule has 0 saturated heterocycles. The lowest BCUT2D eigenvalue weighted by atomic mass is 10.1. The maximum atomic E-state index is 11.9. The fourth-order valence-electron chi connectivity index (χ4n) is 1.98. The smallest absolute Gasteiger partial charge is 0.389 e. The maximum absolute atomic E-state index is 11.9. The molecule has 2 N–H and O–H groups in total. The van der Waals surface area contributed by atoms with Gasteiger partial charge in [0.25, 0.3) is 0 Å². The van der Waals surface area contributed by atoms with E-state index in [1.54, 1.807) is 19.1 Å². The van der Waals surface area contributed by atoms with Crippen LogP contribution in [0.4, 0.5) is 4.79 Å². The lowest BCUT2D eigenvalue weighted by Gasteiger charge is -2.23. The molecule has 0 heterocycles. The predicted molar refractivity (Wildman–Crippen MR) is 77.5 cm³/mol. The topological polar surface area (TPSA) is 55.4 Å². The molecule has 0 aliphatic rings. The number of quaternary nitrogens is 1. The van der Waals surface area contributed by atoms with Gasteiger partial charge >= 0.3 is 6.03 Å². The fraction of sp³-hybridized carbons (Fsp3) is 0.467. The molecule has 0 bridgehead atoms. The summed E-state index contributed by atoms with van der Waals surface area (Å²) in [6, 6.07) is 5.56. The number of carbonyl (C=O) groups excluding carboxylic acids is 1. The van der Waals surface area contributed by atoms with Gasteiger partial charge in [0.1, 0.15) is 11.5 Å². The van der Waals surface area contributed by atoms with Crippen molar-refractivity contribution in [1.82, 2.24) is 4.90 Å². The number of nitrogens with two attached hydrogens (primary N) is 1. The van der Waals surface area contributed by atoms with Crippen molar-refractivity contribution in [3.63, 3.8) is 0 Å². The zero-order chi connectivity index (χ0) is 15.1. The number of ether oxygens (including phenoxy) is 2. The van der Waals surface area contributed by atoms with Crippen molar-refractivity contribution in [2.24, 2.45) is 5.92 Å². The lowest BCUT2D eigenvalue weighted by molar-refractivity contribution is -0.498. The molecular weight excluding hydrogens is 256 g/mol. The highest BCUT2D eigenvalue weighted by Gasteiger charge is 2.16. The largest absolute Gasteiger partial charge is 0.497 e. The number of carbonyl (C=O) groups is 1. The van der Waals surface area contributed by atoms with Gasteiger partial charge in [0, 0.05) is 12.6 Å². The van der Waals surface area contributed by atoms with Gasteiger partial charge in [-0.15, -0.1) is 7.05 Å². The van der Waals surface area contributed by atoms with E-state index in [9.17, 15) is 4.79 Å². The van der Waals surface area contributed by atoms with Crippen LogP contribution in [0.3, 0.4) is 0 Å². The van der Waals surface area contributed by atoms with Crippen molar-refractivity contribution < 1.29 is 19.6 Å². The van der Waals surface area contributed by atoms with Gasteiger partial charge in [-0.25, -0.2) is 4.79 Å². The lowest BCUT2D eigenvalue weighted by Crippen LogP contribution is -2.84. The molecule has 0 aliphatic heterocycles. The molecule has 0 aromatic heterocycles. The van der Waals surface area contributed by atoms with E-state index in [1.165, 1.54) is 5.32 Å². The summed E-state index contributed by atoms with van der Waals surface area (Å²) >= 11 is 0. The first-order chi connectivity index (χ1) is 9.49. The van der Waals surface area contributed by atoms with E-state index in [-0.39, 0.29) is 6.03 Å². The molecule has 5 heteroatoms. The van der Waals surface area contributed by atoms with Crippen LogP contribution in [-0.2, 0) is 6.54 Å². The van der Waals surface area contributed by atoms with E-state index in [0.717, 1.165) is 17.1 Å². The zero-order valence-electron chi connectivity index (χ0n) is 12.7. The maximum Gasteiger partial charge on any atom is 0.389 e. The summed E-state index contributed by atoms with van der Waals surface area (Å²) in [6.45, 7) is 5.35. The van der Waals surface area contributed by atoms with Crippen molar-refractivity contribution in [3.05, 3.63) is 30.8 Å². The Bertz CT molecular complexity index is 424. The molecule has 0 radical (unpaired) electrons. The molecule has 2 amide bonds. The van der Waals surface area contributed by atoms with Crippen molar-refractivity contribution in [2.75, 3.05) is 20.8 Å². The summed E-state index contributed by atoms with van der Waals surface area (Å²) in [5.74, 6) is 1.83. The molecule has 5 nitrogen and oxygen atoms in total. The minimum absolute atomic E-state index is 0.0690. The second-order valence-electron chi connectivity index (χ2n) is 5.04. The van der Waals surface area contributed by atoms with Crippen LogP contribution in [0, 0.1) is 13.0 Å². The Labute approximate surface area is 120 Å². The first kappa shape index (κ1) is 16.3. The third kappa shape index (κ3) is 4.74. The number of amides is 2. The fourth-order valence-corrected chi connectivity index (χ4v) is 1.98. The Kier molecular flexibility index (Phi) is 6.31. The van der Waals surface area contributed by atoms with Crippen LogP contribution in [0.25, 0.3) is 0 Å². The van der Waals surface area contributed by atoms with Crippen LogP contribution in [0.1, 0.15) is 19.4 Å². The van der Waals surface area contributed by atoms with Gasteiger partial charge in [-0.3, -0.25) is 4.90 Å². The number of primary amides is 1. The third-order valence-corrected chi connectivity index (χ3v) is 2.86. The monoisotopic (exact) mass is 280 g/mol. The van der Waals surface area contributed by atoms with Crippen LogP contribution in [-0.4, -0.2) is 31.7 Å². The van der Waals surface area contributed by atoms with Crippen LogP contribution < -0.4 is 14.8 Å². The molecule has 1 aromatic carbocycles. The number of benzene rings is 1. The van der Waals surface area contributed by atoms with Crippen LogP contribution in [0.15, 0.2) is 18.2 Å². The summed E-state index contributed by atoms with van der Waals surface area (Å²) in [4.78, 5) is 13.7. The Morgan fingerprint density at radius 2 is 1.80 bits per heavy atom. The highest BCUT2D eigenvalue weighted by molar-refractivity contribution is 5.63. The summed E-state index contributed by atoms with van der Waals surface area (Å²) in [5, 5.41) is 1.35. The van der Waals surface area contributed by atoms with E-state index >= 15 is 0 Å². The molecule has 112 valence electrons. The quantitative estimate of drug-likeness (QED) is 0.806. The SMILES string of the molecule is [CH2-][NH2+]C(=O)N(Cc1cc(OC)cc(OC)c1)CC(C)C. The van der Waals surface area contributed by atoms with Crippen molar-refractivity contribution in [2.45, 2.75) is 20.4 Å². The second-order valence-corrected chi connectivity index (χ2v) is 5.04. The normalized spacial score (nSPS) is 10.5. The Morgan fingerprint density at radius 3 is 2.20 bits per heavy atom. The Morgan fingerprint density at radius 1 is 1.25 bits per heavy atom. The average molecular weight is 280 g/mol. The predicted octanol–water partition coefficient (Wildman–Crippen LogP) is 1.64. The molecule has 20 heavy (non-hydrogen) atoms. The van der Waals surface area contributed by atoms with E-state index in [0.29, 0.717) is 19.0 Å². The molecule has 0 atom stereocenters. The van der Waals surface area contributed by atoms with Gasteiger partial charge in [-0.05, 0) is 23.6 Å². The summed E-state index contributed by atoms with van der Waals surface area (Å²) in [5.41, 5.74) is 0.969. The van der Waals surface area contributed by atoms with Gasteiger partial charge in [-0.2, -0.15) is 0 Å².